The van der Waals surface area contributed by atoms with Crippen molar-refractivity contribution in [2.24, 2.45) is 4.99 Å². The highest BCUT2D eigenvalue weighted by molar-refractivity contribution is 7.78. The molecular weight excluding hydrogens is 148 g/mol. The molecular formula is C6H10N2OS. The predicted molar refractivity (Wildman–Crippen MR) is 43.2 cm³/mol. The van der Waals surface area contributed by atoms with E-state index in [4.69, 9.17) is 0 Å². The number of aliphatic imine (C=N–C) groups is 1. The Morgan fingerprint density at radius 3 is 2.50 bits per heavy atom. The molecule has 1 amide bonds. The summed E-state index contributed by atoms with van der Waals surface area (Å²) in [5, 5.41) is 2.16. The lowest BCUT2D eigenvalue weighted by Crippen LogP contribution is -2.30. The first-order valence-electron chi connectivity index (χ1n) is 2.87. The molecule has 0 aliphatic rings. The van der Waals surface area contributed by atoms with Crippen LogP contribution in [-0.2, 0) is 4.79 Å². The van der Waals surface area contributed by atoms with E-state index in [2.05, 4.69) is 22.4 Å². The molecule has 0 aromatic rings. The zero-order valence-electron chi connectivity index (χ0n) is 6.29. The average molecular weight is 158 g/mol. The van der Waals surface area contributed by atoms with Crippen molar-refractivity contribution in [3.8, 4) is 0 Å². The van der Waals surface area contributed by atoms with E-state index in [0.717, 1.165) is 0 Å². The quantitative estimate of drug-likeness (QED) is 0.434. The highest BCUT2D eigenvalue weighted by Gasteiger charge is 2.11. The van der Waals surface area contributed by atoms with Crippen LogP contribution in [0.5, 0.6) is 0 Å². The number of amides is 1. The Hall–Kier alpha value is -0.730. The fourth-order valence-corrected chi connectivity index (χ4v) is 0.666. The van der Waals surface area contributed by atoms with Crippen LogP contribution in [0.3, 0.4) is 0 Å². The number of likely N-dealkylation sites (N-methyl/N-ethyl adjacent to an activating group) is 1. The van der Waals surface area contributed by atoms with Crippen molar-refractivity contribution >= 4 is 23.3 Å². The number of rotatable bonds is 2. The van der Waals surface area contributed by atoms with Crippen molar-refractivity contribution < 1.29 is 4.79 Å². The normalized spacial score (nSPS) is 11.5. The second-order valence-electron chi connectivity index (χ2n) is 2.13. The fourth-order valence-electron chi connectivity index (χ4n) is 0.508. The van der Waals surface area contributed by atoms with Gasteiger partial charge in [-0.05, 0) is 19.1 Å². The average Bonchev–Trinajstić information content (AvgIpc) is 1.87. The Kier molecular flexibility index (Phi) is 3.84. The minimum Gasteiger partial charge on any atom is -0.347 e. The lowest BCUT2D eigenvalue weighted by atomic mass is 10.3. The number of hydrogen-bond acceptors (Lipinski definition) is 3. The lowest BCUT2D eigenvalue weighted by molar-refractivity contribution is -0.129. The minimum atomic E-state index is -0.396. The van der Waals surface area contributed by atoms with Gasteiger partial charge < -0.3 is 4.90 Å². The van der Waals surface area contributed by atoms with Crippen LogP contribution in [-0.4, -0.2) is 36.1 Å². The first-order chi connectivity index (χ1) is 4.59. The van der Waals surface area contributed by atoms with Gasteiger partial charge >= 0.3 is 0 Å². The Balaban J connectivity index is 4.07. The predicted octanol–water partition coefficient (Wildman–Crippen LogP) is 0.566. The lowest BCUT2D eigenvalue weighted by Gasteiger charge is -2.11. The third-order valence-electron chi connectivity index (χ3n) is 1.04. The summed E-state index contributed by atoms with van der Waals surface area (Å²) in [5.41, 5.74) is 0. The monoisotopic (exact) mass is 158 g/mol. The Morgan fingerprint density at radius 2 is 2.20 bits per heavy atom. The Morgan fingerprint density at radius 1 is 1.70 bits per heavy atom. The molecule has 1 unspecified atom stereocenters. The van der Waals surface area contributed by atoms with Crippen molar-refractivity contribution in [1.29, 1.82) is 0 Å². The molecule has 0 fully saturated rings. The SMILES string of the molecule is CC(N=C=S)C(=O)N(C)C. The molecule has 0 aliphatic heterocycles. The summed E-state index contributed by atoms with van der Waals surface area (Å²) < 4.78 is 0. The maximum atomic E-state index is 11.0. The van der Waals surface area contributed by atoms with E-state index in [1.807, 2.05) is 0 Å². The molecule has 0 N–H and O–H groups in total. The summed E-state index contributed by atoms with van der Waals surface area (Å²) >= 11 is 4.35. The smallest absolute Gasteiger partial charge is 0.247 e. The van der Waals surface area contributed by atoms with E-state index in [-0.39, 0.29) is 5.91 Å². The van der Waals surface area contributed by atoms with Gasteiger partial charge in [-0.2, -0.15) is 0 Å². The molecule has 0 heterocycles. The number of carbonyl (C=O) groups excluding carboxylic acids is 1. The van der Waals surface area contributed by atoms with Gasteiger partial charge in [-0.25, -0.2) is 4.99 Å². The topological polar surface area (TPSA) is 32.7 Å². The summed E-state index contributed by atoms with van der Waals surface area (Å²) in [6.45, 7) is 1.68. The molecule has 0 rings (SSSR count). The Labute approximate surface area is 65.7 Å². The van der Waals surface area contributed by atoms with E-state index < -0.39 is 6.04 Å². The first-order valence-corrected chi connectivity index (χ1v) is 3.28. The molecule has 0 aliphatic carbocycles. The number of hydrogen-bond donors (Lipinski definition) is 0. The zero-order chi connectivity index (χ0) is 8.15. The highest BCUT2D eigenvalue weighted by atomic mass is 32.1. The first kappa shape index (κ1) is 9.27. The maximum Gasteiger partial charge on any atom is 0.247 e. The Bertz CT molecular complexity index is 173. The third-order valence-corrected chi connectivity index (χ3v) is 1.15. The molecule has 0 aromatic carbocycles. The molecule has 56 valence electrons. The largest absolute Gasteiger partial charge is 0.347 e. The van der Waals surface area contributed by atoms with E-state index >= 15 is 0 Å². The van der Waals surface area contributed by atoms with Gasteiger partial charge in [-0.15, -0.1) is 0 Å². The number of nitrogens with zero attached hydrogens (tertiary/aromatic N) is 2. The molecule has 4 heteroatoms. The second-order valence-corrected chi connectivity index (χ2v) is 2.31. The van der Waals surface area contributed by atoms with E-state index in [1.54, 1.807) is 21.0 Å². The molecule has 0 bridgehead atoms. The van der Waals surface area contributed by atoms with Crippen LogP contribution in [0.4, 0.5) is 0 Å². The molecule has 3 nitrogen and oxygen atoms in total. The van der Waals surface area contributed by atoms with Crippen LogP contribution in [0.25, 0.3) is 0 Å². The van der Waals surface area contributed by atoms with Gasteiger partial charge in [-0.1, -0.05) is 0 Å². The van der Waals surface area contributed by atoms with Crippen LogP contribution >= 0.6 is 12.2 Å². The molecule has 0 radical (unpaired) electrons. The van der Waals surface area contributed by atoms with Gasteiger partial charge in [0.2, 0.25) is 5.91 Å². The molecule has 0 saturated carbocycles. The van der Waals surface area contributed by atoms with Gasteiger partial charge in [0.25, 0.3) is 0 Å². The third kappa shape index (κ3) is 2.71. The van der Waals surface area contributed by atoms with Crippen molar-refractivity contribution in [2.45, 2.75) is 13.0 Å². The van der Waals surface area contributed by atoms with Crippen molar-refractivity contribution in [3.05, 3.63) is 0 Å². The number of carbonyl (C=O) groups is 1. The van der Waals surface area contributed by atoms with Gasteiger partial charge in [0.05, 0.1) is 5.16 Å². The van der Waals surface area contributed by atoms with Crippen LogP contribution in [0.2, 0.25) is 0 Å². The van der Waals surface area contributed by atoms with E-state index in [1.165, 1.54) is 4.90 Å². The zero-order valence-corrected chi connectivity index (χ0v) is 7.10. The summed E-state index contributed by atoms with van der Waals surface area (Å²) in [6.07, 6.45) is 0. The van der Waals surface area contributed by atoms with Gasteiger partial charge in [0, 0.05) is 14.1 Å². The summed E-state index contributed by atoms with van der Waals surface area (Å²) in [4.78, 5) is 16.1. The summed E-state index contributed by atoms with van der Waals surface area (Å²) in [5.74, 6) is -0.0580. The fraction of sp³-hybridized carbons (Fsp3) is 0.667. The maximum absolute atomic E-state index is 11.0. The van der Waals surface area contributed by atoms with Crippen molar-refractivity contribution in [1.82, 2.24) is 4.90 Å². The summed E-state index contributed by atoms with van der Waals surface area (Å²) in [7, 11) is 3.36. The van der Waals surface area contributed by atoms with E-state index in [9.17, 15) is 4.79 Å². The van der Waals surface area contributed by atoms with Crippen LogP contribution < -0.4 is 0 Å². The molecule has 0 aromatic heterocycles. The molecule has 1 atom stereocenters. The van der Waals surface area contributed by atoms with Crippen LogP contribution in [0, 0.1) is 0 Å². The van der Waals surface area contributed by atoms with Crippen molar-refractivity contribution in [2.75, 3.05) is 14.1 Å². The number of thiocarbonyl (C=S) groups is 1. The second kappa shape index (κ2) is 4.14. The summed E-state index contributed by atoms with van der Waals surface area (Å²) in [6, 6.07) is -0.396. The molecule has 0 saturated heterocycles. The highest BCUT2D eigenvalue weighted by Crippen LogP contribution is 1.91. The van der Waals surface area contributed by atoms with Crippen LogP contribution in [0.15, 0.2) is 4.99 Å². The van der Waals surface area contributed by atoms with E-state index in [0.29, 0.717) is 0 Å². The van der Waals surface area contributed by atoms with Crippen LogP contribution in [0.1, 0.15) is 6.92 Å². The number of isothiocyanates is 1. The van der Waals surface area contributed by atoms with Gasteiger partial charge in [0.15, 0.2) is 0 Å². The molecule has 0 spiro atoms. The van der Waals surface area contributed by atoms with Crippen molar-refractivity contribution in [3.63, 3.8) is 0 Å². The van der Waals surface area contributed by atoms with Gasteiger partial charge in [0.1, 0.15) is 6.04 Å². The minimum absolute atomic E-state index is 0.0580. The molecule has 10 heavy (non-hydrogen) atoms. The standard InChI is InChI=1S/C6H10N2OS/c1-5(7-4-10)6(9)8(2)3/h5H,1-3H3. The van der Waals surface area contributed by atoms with Gasteiger partial charge in [-0.3, -0.25) is 4.79 Å².